The lowest BCUT2D eigenvalue weighted by molar-refractivity contribution is 0.566. The minimum Gasteiger partial charge on any atom is -0.353 e. The van der Waals surface area contributed by atoms with Gasteiger partial charge in [0, 0.05) is 12.2 Å². The van der Waals surface area contributed by atoms with Crippen LogP contribution in [0, 0.1) is 12.8 Å². The van der Waals surface area contributed by atoms with Crippen LogP contribution >= 0.6 is 0 Å². The summed E-state index contributed by atoms with van der Waals surface area (Å²) in [6.45, 7) is 7.46. The fourth-order valence-electron chi connectivity index (χ4n) is 1.82. The van der Waals surface area contributed by atoms with Crippen molar-refractivity contribution in [1.29, 1.82) is 0 Å². The number of nitrogens with zero attached hydrogens (tertiary/aromatic N) is 3. The Morgan fingerprint density at radius 1 is 1.35 bits per heavy atom. The molecule has 0 radical (unpaired) electrons. The molecule has 2 rings (SSSR count). The Morgan fingerprint density at radius 2 is 2.18 bits per heavy atom. The monoisotopic (exact) mass is 232 g/mol. The van der Waals surface area contributed by atoms with Crippen LogP contribution < -0.4 is 5.32 Å². The molecule has 0 unspecified atom stereocenters. The number of fused-ring (bicyclic) bond motifs is 1. The molecule has 4 nitrogen and oxygen atoms in total. The molecule has 0 aromatic carbocycles. The van der Waals surface area contributed by atoms with Crippen molar-refractivity contribution in [2.45, 2.75) is 33.6 Å². The van der Waals surface area contributed by atoms with Gasteiger partial charge in [-0.2, -0.15) is 4.98 Å². The second-order valence-electron chi connectivity index (χ2n) is 4.84. The Kier molecular flexibility index (Phi) is 3.61. The topological polar surface area (TPSA) is 42.2 Å². The van der Waals surface area contributed by atoms with E-state index in [2.05, 4.69) is 29.2 Å². The molecule has 0 aliphatic rings. The van der Waals surface area contributed by atoms with Crippen LogP contribution in [-0.4, -0.2) is 21.1 Å². The molecule has 0 spiro atoms. The number of pyridine rings is 1. The third-order valence-electron chi connectivity index (χ3n) is 2.79. The van der Waals surface area contributed by atoms with E-state index >= 15 is 0 Å². The Labute approximate surface area is 102 Å². The molecule has 1 N–H and O–H groups in total. The van der Waals surface area contributed by atoms with Crippen LogP contribution in [0.25, 0.3) is 5.65 Å². The van der Waals surface area contributed by atoms with Crippen molar-refractivity contribution in [1.82, 2.24) is 14.6 Å². The maximum absolute atomic E-state index is 4.43. The molecule has 0 fully saturated rings. The van der Waals surface area contributed by atoms with Gasteiger partial charge in [-0.3, -0.25) is 0 Å². The molecule has 0 bridgehead atoms. The highest BCUT2D eigenvalue weighted by Crippen LogP contribution is 2.09. The van der Waals surface area contributed by atoms with Crippen molar-refractivity contribution in [2.24, 2.45) is 5.92 Å². The lowest BCUT2D eigenvalue weighted by atomic mass is 10.1. The fourth-order valence-corrected chi connectivity index (χ4v) is 1.82. The maximum Gasteiger partial charge on any atom is 0.243 e. The van der Waals surface area contributed by atoms with Crippen LogP contribution in [0.4, 0.5) is 5.95 Å². The molecular weight excluding hydrogens is 212 g/mol. The summed E-state index contributed by atoms with van der Waals surface area (Å²) in [6, 6.07) is 6.01. The summed E-state index contributed by atoms with van der Waals surface area (Å²) in [7, 11) is 0. The minimum atomic E-state index is 0.725. The molecule has 92 valence electrons. The van der Waals surface area contributed by atoms with Gasteiger partial charge in [0.15, 0.2) is 5.65 Å². The summed E-state index contributed by atoms with van der Waals surface area (Å²) in [5.74, 6) is 1.48. The number of aryl methyl sites for hydroxylation is 1. The highest BCUT2D eigenvalue weighted by molar-refractivity contribution is 5.44. The van der Waals surface area contributed by atoms with E-state index in [0.29, 0.717) is 0 Å². The van der Waals surface area contributed by atoms with E-state index in [-0.39, 0.29) is 0 Å². The van der Waals surface area contributed by atoms with Crippen molar-refractivity contribution >= 4 is 11.6 Å². The average Bonchev–Trinajstić information content (AvgIpc) is 2.69. The van der Waals surface area contributed by atoms with E-state index in [1.54, 1.807) is 0 Å². The third kappa shape index (κ3) is 2.96. The zero-order valence-electron chi connectivity index (χ0n) is 10.8. The highest BCUT2D eigenvalue weighted by atomic mass is 15.3. The van der Waals surface area contributed by atoms with Gasteiger partial charge in [0.25, 0.3) is 0 Å². The van der Waals surface area contributed by atoms with Crippen LogP contribution in [0.3, 0.4) is 0 Å². The smallest absolute Gasteiger partial charge is 0.243 e. The largest absolute Gasteiger partial charge is 0.353 e. The number of hydrogen-bond acceptors (Lipinski definition) is 3. The Balaban J connectivity index is 1.98. The normalized spacial score (nSPS) is 11.3. The van der Waals surface area contributed by atoms with Gasteiger partial charge in [-0.05, 0) is 37.8 Å². The molecule has 0 saturated carbocycles. The molecule has 0 amide bonds. The fraction of sp³-hybridized carbons (Fsp3) is 0.538. The van der Waals surface area contributed by atoms with Crippen molar-refractivity contribution in [3.8, 4) is 0 Å². The zero-order valence-corrected chi connectivity index (χ0v) is 10.8. The van der Waals surface area contributed by atoms with Crippen LogP contribution in [-0.2, 0) is 0 Å². The van der Waals surface area contributed by atoms with E-state index in [4.69, 9.17) is 0 Å². The van der Waals surface area contributed by atoms with Gasteiger partial charge in [-0.15, -0.1) is 5.10 Å². The molecule has 0 saturated heterocycles. The van der Waals surface area contributed by atoms with Crippen molar-refractivity contribution in [2.75, 3.05) is 11.9 Å². The van der Waals surface area contributed by atoms with Crippen molar-refractivity contribution in [3.05, 3.63) is 23.9 Å². The minimum absolute atomic E-state index is 0.725. The van der Waals surface area contributed by atoms with Gasteiger partial charge < -0.3 is 5.32 Å². The zero-order chi connectivity index (χ0) is 12.3. The maximum atomic E-state index is 4.43. The molecule has 0 aliphatic carbocycles. The molecule has 0 atom stereocenters. The van der Waals surface area contributed by atoms with Gasteiger partial charge in [0.2, 0.25) is 5.95 Å². The molecule has 2 aromatic rings. The summed E-state index contributed by atoms with van der Waals surface area (Å²) in [5, 5.41) is 7.70. The van der Waals surface area contributed by atoms with E-state index in [9.17, 15) is 0 Å². The standard InChI is InChI=1S/C13H20N4/c1-10(2)6-5-9-14-13-15-12-8-4-7-11(3)17(12)16-13/h4,7-8,10H,5-6,9H2,1-3H3,(H,14,16). The second-order valence-corrected chi connectivity index (χ2v) is 4.84. The molecule has 2 aromatic heterocycles. The van der Waals surface area contributed by atoms with Crippen molar-refractivity contribution < 1.29 is 0 Å². The van der Waals surface area contributed by atoms with Gasteiger partial charge >= 0.3 is 0 Å². The molecule has 17 heavy (non-hydrogen) atoms. The first-order chi connectivity index (χ1) is 8.16. The van der Waals surface area contributed by atoms with Gasteiger partial charge in [-0.25, -0.2) is 4.52 Å². The van der Waals surface area contributed by atoms with Gasteiger partial charge in [-0.1, -0.05) is 19.9 Å². The van der Waals surface area contributed by atoms with Crippen LogP contribution in [0.2, 0.25) is 0 Å². The van der Waals surface area contributed by atoms with E-state index < -0.39 is 0 Å². The first-order valence-electron chi connectivity index (χ1n) is 6.23. The van der Waals surface area contributed by atoms with Gasteiger partial charge in [0.05, 0.1) is 0 Å². The number of anilines is 1. The highest BCUT2D eigenvalue weighted by Gasteiger charge is 2.03. The van der Waals surface area contributed by atoms with Gasteiger partial charge in [0.1, 0.15) is 0 Å². The third-order valence-corrected chi connectivity index (χ3v) is 2.79. The summed E-state index contributed by atoms with van der Waals surface area (Å²) in [5.41, 5.74) is 2.00. The number of hydrogen-bond donors (Lipinski definition) is 1. The average molecular weight is 232 g/mol. The Bertz CT molecular complexity index is 487. The summed E-state index contributed by atoms with van der Waals surface area (Å²) < 4.78 is 1.87. The predicted molar refractivity (Wildman–Crippen MR) is 70.3 cm³/mol. The quantitative estimate of drug-likeness (QED) is 0.806. The lowest BCUT2D eigenvalue weighted by Gasteiger charge is -2.04. The summed E-state index contributed by atoms with van der Waals surface area (Å²) in [4.78, 5) is 4.43. The summed E-state index contributed by atoms with van der Waals surface area (Å²) in [6.07, 6.45) is 2.39. The lowest BCUT2D eigenvalue weighted by Crippen LogP contribution is -2.04. The van der Waals surface area contributed by atoms with Crippen LogP contribution in [0.5, 0.6) is 0 Å². The van der Waals surface area contributed by atoms with Crippen molar-refractivity contribution in [3.63, 3.8) is 0 Å². The Morgan fingerprint density at radius 3 is 2.88 bits per heavy atom. The predicted octanol–water partition coefficient (Wildman–Crippen LogP) is 2.89. The van der Waals surface area contributed by atoms with Crippen LogP contribution in [0.1, 0.15) is 32.4 Å². The van der Waals surface area contributed by atoms with Crippen LogP contribution in [0.15, 0.2) is 18.2 Å². The number of nitrogens with one attached hydrogen (secondary N) is 1. The molecular formula is C13H20N4. The van der Waals surface area contributed by atoms with E-state index in [0.717, 1.165) is 36.2 Å². The number of rotatable bonds is 5. The summed E-state index contributed by atoms with van der Waals surface area (Å²) >= 11 is 0. The number of aromatic nitrogens is 3. The Hall–Kier alpha value is -1.58. The first kappa shape index (κ1) is 11.9. The first-order valence-corrected chi connectivity index (χ1v) is 6.23. The SMILES string of the molecule is Cc1cccc2nc(NCCCC(C)C)nn12. The molecule has 2 heterocycles. The van der Waals surface area contributed by atoms with E-state index in [1.165, 1.54) is 6.42 Å². The van der Waals surface area contributed by atoms with E-state index in [1.807, 2.05) is 29.6 Å². The molecule has 4 heteroatoms. The molecule has 0 aliphatic heterocycles. The second kappa shape index (κ2) is 5.17.